The van der Waals surface area contributed by atoms with Crippen LogP contribution in [0.3, 0.4) is 0 Å². The molecule has 1 aromatic rings. The molecule has 1 aliphatic heterocycles. The van der Waals surface area contributed by atoms with Gasteiger partial charge in [-0.1, -0.05) is 29.8 Å². The van der Waals surface area contributed by atoms with Gasteiger partial charge in [-0.15, -0.1) is 0 Å². The lowest BCUT2D eigenvalue weighted by molar-refractivity contribution is -0.121. The molecule has 3 N–H and O–H groups in total. The molecule has 1 amide bonds. The number of nitrogens with one attached hydrogen (secondary N) is 2. The largest absolute Gasteiger partial charge is 0.387 e. The number of amides is 1. The molecule has 0 spiro atoms. The Balaban J connectivity index is 1.82. The first-order valence-corrected chi connectivity index (χ1v) is 6.33. The average molecular weight is 248 g/mol. The molecule has 1 atom stereocenters. The van der Waals surface area contributed by atoms with Gasteiger partial charge in [-0.05, 0) is 25.5 Å². The molecule has 1 aromatic carbocycles. The first-order valence-electron chi connectivity index (χ1n) is 6.33. The molecule has 0 aliphatic carbocycles. The van der Waals surface area contributed by atoms with Crippen molar-refractivity contribution in [2.24, 2.45) is 0 Å². The summed E-state index contributed by atoms with van der Waals surface area (Å²) in [6.07, 6.45) is 1.06. The minimum absolute atomic E-state index is 0.0408. The van der Waals surface area contributed by atoms with Crippen LogP contribution in [-0.2, 0) is 11.2 Å². The van der Waals surface area contributed by atoms with Crippen molar-refractivity contribution in [3.05, 3.63) is 35.4 Å². The van der Waals surface area contributed by atoms with Crippen molar-refractivity contribution in [2.75, 3.05) is 19.6 Å². The molecule has 0 radical (unpaired) electrons. The zero-order chi connectivity index (χ0) is 13.0. The van der Waals surface area contributed by atoms with Crippen molar-refractivity contribution in [3.8, 4) is 0 Å². The zero-order valence-corrected chi connectivity index (χ0v) is 10.7. The number of benzene rings is 1. The van der Waals surface area contributed by atoms with E-state index in [2.05, 4.69) is 10.6 Å². The Morgan fingerprint density at radius 2 is 2.39 bits per heavy atom. The fraction of sp³-hybridized carbons (Fsp3) is 0.500. The highest BCUT2D eigenvalue weighted by molar-refractivity contribution is 5.78. The number of hydrogen-bond acceptors (Lipinski definition) is 3. The number of rotatable bonds is 4. The van der Waals surface area contributed by atoms with Gasteiger partial charge in [0.2, 0.25) is 5.91 Å². The van der Waals surface area contributed by atoms with Crippen LogP contribution in [0.4, 0.5) is 0 Å². The zero-order valence-electron chi connectivity index (χ0n) is 10.7. The van der Waals surface area contributed by atoms with Crippen molar-refractivity contribution in [1.29, 1.82) is 0 Å². The number of aliphatic hydroxyl groups is 1. The van der Waals surface area contributed by atoms with Crippen LogP contribution in [0, 0.1) is 6.92 Å². The van der Waals surface area contributed by atoms with Crippen LogP contribution in [0.2, 0.25) is 0 Å². The molecule has 1 fully saturated rings. The summed E-state index contributed by atoms with van der Waals surface area (Å²) in [5, 5.41) is 16.0. The second-order valence-corrected chi connectivity index (χ2v) is 5.09. The van der Waals surface area contributed by atoms with Gasteiger partial charge in [-0.2, -0.15) is 0 Å². The summed E-state index contributed by atoms with van der Waals surface area (Å²) in [5.41, 5.74) is 1.38. The van der Waals surface area contributed by atoms with Crippen molar-refractivity contribution in [3.63, 3.8) is 0 Å². The Hall–Kier alpha value is -1.39. The molecule has 0 bridgehead atoms. The fourth-order valence-electron chi connectivity index (χ4n) is 2.21. The second kappa shape index (κ2) is 5.50. The Morgan fingerprint density at radius 1 is 1.56 bits per heavy atom. The summed E-state index contributed by atoms with van der Waals surface area (Å²) < 4.78 is 0. The maximum Gasteiger partial charge on any atom is 0.224 e. The summed E-state index contributed by atoms with van der Waals surface area (Å²) in [4.78, 5) is 11.8. The van der Waals surface area contributed by atoms with Gasteiger partial charge in [0.1, 0.15) is 0 Å². The Bertz CT molecular complexity index is 426. The lowest BCUT2D eigenvalue weighted by Crippen LogP contribution is -2.44. The van der Waals surface area contributed by atoms with Gasteiger partial charge in [0.05, 0.1) is 12.0 Å². The number of carbonyl (C=O) groups excluding carboxylic acids is 1. The highest BCUT2D eigenvalue weighted by Crippen LogP contribution is 2.12. The van der Waals surface area contributed by atoms with E-state index in [4.69, 9.17) is 0 Å². The Labute approximate surface area is 107 Å². The minimum atomic E-state index is -0.776. The molecular formula is C14H20N2O2. The quantitative estimate of drug-likeness (QED) is 0.722. The standard InChI is InChI=1S/C14H20N2O2/c1-11-3-2-4-12(7-11)8-13(17)16-10-14(18)5-6-15-9-14/h2-4,7,15,18H,5-6,8-10H2,1H3,(H,16,17). The van der Waals surface area contributed by atoms with E-state index in [9.17, 15) is 9.90 Å². The van der Waals surface area contributed by atoms with Crippen LogP contribution in [0.25, 0.3) is 0 Å². The van der Waals surface area contributed by atoms with Crippen LogP contribution >= 0.6 is 0 Å². The third-order valence-electron chi connectivity index (χ3n) is 3.28. The molecule has 1 heterocycles. The average Bonchev–Trinajstić information content (AvgIpc) is 2.74. The normalized spacial score (nSPS) is 23.0. The predicted octanol–water partition coefficient (Wildman–Crippen LogP) is 0.378. The first-order chi connectivity index (χ1) is 8.57. The van der Waals surface area contributed by atoms with E-state index in [1.165, 1.54) is 0 Å². The Kier molecular flexibility index (Phi) is 3.99. The summed E-state index contributed by atoms with van der Waals surface area (Å²) in [5.74, 6) is -0.0408. The maximum atomic E-state index is 11.8. The van der Waals surface area contributed by atoms with Crippen molar-refractivity contribution in [2.45, 2.75) is 25.4 Å². The van der Waals surface area contributed by atoms with Crippen LogP contribution in [0.1, 0.15) is 17.5 Å². The van der Waals surface area contributed by atoms with Gasteiger partial charge in [0.25, 0.3) is 0 Å². The SMILES string of the molecule is Cc1cccc(CC(=O)NCC2(O)CCNC2)c1. The molecule has 1 saturated heterocycles. The van der Waals surface area contributed by atoms with Crippen molar-refractivity contribution >= 4 is 5.91 Å². The number of carbonyl (C=O) groups is 1. The highest BCUT2D eigenvalue weighted by atomic mass is 16.3. The molecule has 1 unspecified atom stereocenters. The van der Waals surface area contributed by atoms with E-state index < -0.39 is 5.60 Å². The van der Waals surface area contributed by atoms with Gasteiger partial charge in [-0.25, -0.2) is 0 Å². The number of hydrogen-bond donors (Lipinski definition) is 3. The van der Waals surface area contributed by atoms with E-state index in [-0.39, 0.29) is 5.91 Å². The number of aryl methyl sites for hydroxylation is 1. The van der Waals surface area contributed by atoms with Crippen LogP contribution in [-0.4, -0.2) is 36.2 Å². The van der Waals surface area contributed by atoms with Crippen LogP contribution in [0.5, 0.6) is 0 Å². The van der Waals surface area contributed by atoms with Crippen molar-refractivity contribution < 1.29 is 9.90 Å². The molecule has 0 aromatic heterocycles. The smallest absolute Gasteiger partial charge is 0.224 e. The molecule has 0 saturated carbocycles. The fourth-order valence-corrected chi connectivity index (χ4v) is 2.21. The number of β-amino-alcohol motifs (C(OH)–C–C–N with tert-alkyl or cyclic N) is 1. The highest BCUT2D eigenvalue weighted by Gasteiger charge is 2.31. The predicted molar refractivity (Wildman–Crippen MR) is 70.3 cm³/mol. The molecular weight excluding hydrogens is 228 g/mol. The summed E-state index contributed by atoms with van der Waals surface area (Å²) in [6.45, 7) is 3.70. The van der Waals surface area contributed by atoms with Gasteiger partial charge in [0, 0.05) is 13.1 Å². The molecule has 2 rings (SSSR count). The lowest BCUT2D eigenvalue weighted by Gasteiger charge is -2.21. The lowest BCUT2D eigenvalue weighted by atomic mass is 10.0. The van der Waals surface area contributed by atoms with Gasteiger partial charge in [0.15, 0.2) is 0 Å². The monoisotopic (exact) mass is 248 g/mol. The second-order valence-electron chi connectivity index (χ2n) is 5.09. The van der Waals surface area contributed by atoms with E-state index in [1.54, 1.807) is 0 Å². The van der Waals surface area contributed by atoms with Gasteiger partial charge >= 0.3 is 0 Å². The first kappa shape index (κ1) is 13.1. The summed E-state index contributed by atoms with van der Waals surface area (Å²) in [6, 6.07) is 7.91. The molecule has 18 heavy (non-hydrogen) atoms. The van der Waals surface area contributed by atoms with E-state index in [0.717, 1.165) is 17.7 Å². The third-order valence-corrected chi connectivity index (χ3v) is 3.28. The van der Waals surface area contributed by atoms with Crippen LogP contribution < -0.4 is 10.6 Å². The van der Waals surface area contributed by atoms with Crippen molar-refractivity contribution in [1.82, 2.24) is 10.6 Å². The minimum Gasteiger partial charge on any atom is -0.387 e. The summed E-state index contributed by atoms with van der Waals surface area (Å²) in [7, 11) is 0. The Morgan fingerprint density at radius 3 is 3.06 bits per heavy atom. The maximum absolute atomic E-state index is 11.8. The molecule has 98 valence electrons. The van der Waals surface area contributed by atoms with Gasteiger partial charge in [-0.3, -0.25) is 4.79 Å². The molecule has 1 aliphatic rings. The topological polar surface area (TPSA) is 61.4 Å². The van der Waals surface area contributed by atoms with Crippen LogP contribution in [0.15, 0.2) is 24.3 Å². The van der Waals surface area contributed by atoms with E-state index in [1.807, 2.05) is 31.2 Å². The van der Waals surface area contributed by atoms with Gasteiger partial charge < -0.3 is 15.7 Å². The van der Waals surface area contributed by atoms with E-state index >= 15 is 0 Å². The summed E-state index contributed by atoms with van der Waals surface area (Å²) >= 11 is 0. The third kappa shape index (κ3) is 3.55. The molecule has 4 nitrogen and oxygen atoms in total. The van der Waals surface area contributed by atoms with E-state index in [0.29, 0.717) is 25.9 Å². The molecule has 4 heteroatoms.